The summed E-state index contributed by atoms with van der Waals surface area (Å²) in [5, 5.41) is 10.6. The molecule has 182 valence electrons. The Labute approximate surface area is 197 Å². The normalized spacial score (nSPS) is 11.2. The maximum absolute atomic E-state index is 13.9. The van der Waals surface area contributed by atoms with E-state index in [1.54, 1.807) is 6.20 Å². The Hall–Kier alpha value is -4.15. The van der Waals surface area contributed by atoms with Crippen LogP contribution in [0.15, 0.2) is 55.0 Å². The number of hydrogen-bond acceptors (Lipinski definition) is 4. The second-order valence-electron chi connectivity index (χ2n) is 8.07. The van der Waals surface area contributed by atoms with Gasteiger partial charge < -0.3 is 10.1 Å². The van der Waals surface area contributed by atoms with E-state index in [0.717, 1.165) is 4.68 Å². The van der Waals surface area contributed by atoms with Crippen LogP contribution >= 0.6 is 0 Å². The molecule has 2 aromatic heterocycles. The molecule has 11 heteroatoms. The molecule has 0 saturated heterocycles. The van der Waals surface area contributed by atoms with E-state index in [1.165, 1.54) is 28.7 Å². The molecule has 0 aliphatic rings. The van der Waals surface area contributed by atoms with Gasteiger partial charge in [0.25, 0.3) is 5.91 Å². The molecule has 4 rings (SSSR count). The molecule has 0 spiro atoms. The number of hydrogen-bond donors (Lipinski definition) is 1. The fourth-order valence-electron chi connectivity index (χ4n) is 3.26. The number of benzene rings is 2. The largest absolute Gasteiger partial charge is 0.471 e. The summed E-state index contributed by atoms with van der Waals surface area (Å²) >= 11 is 0. The Kier molecular flexibility index (Phi) is 6.85. The highest BCUT2D eigenvalue weighted by Crippen LogP contribution is 2.21. The fraction of sp³-hybridized carbons (Fsp3) is 0.208. The quantitative estimate of drug-likeness (QED) is 0.213. The van der Waals surface area contributed by atoms with Crippen LogP contribution in [-0.2, 0) is 13.3 Å². The van der Waals surface area contributed by atoms with Crippen LogP contribution in [0, 0.1) is 23.3 Å². The Morgan fingerprint density at radius 2 is 1.77 bits per heavy atom. The molecule has 0 fully saturated rings. The number of amides is 1. The van der Waals surface area contributed by atoms with Gasteiger partial charge in [-0.15, -0.1) is 0 Å². The highest BCUT2D eigenvalue weighted by atomic mass is 19.2. The number of ether oxygens (including phenoxy) is 1. The molecule has 0 aliphatic carbocycles. The number of nitrogens with zero attached hydrogens (tertiary/aromatic N) is 4. The van der Waals surface area contributed by atoms with Crippen molar-refractivity contribution in [2.24, 2.45) is 0 Å². The van der Waals surface area contributed by atoms with Crippen LogP contribution in [0.2, 0.25) is 0 Å². The zero-order chi connectivity index (χ0) is 25.1. The lowest BCUT2D eigenvalue weighted by Gasteiger charge is -2.09. The molecule has 2 aromatic carbocycles. The van der Waals surface area contributed by atoms with E-state index >= 15 is 0 Å². The lowest BCUT2D eigenvalue weighted by molar-refractivity contribution is 0.102. The lowest BCUT2D eigenvalue weighted by atomic mass is 10.0. The third-order valence-electron chi connectivity index (χ3n) is 5.20. The molecule has 0 bridgehead atoms. The molecule has 0 saturated carbocycles. The molecule has 0 unspecified atom stereocenters. The number of anilines is 1. The van der Waals surface area contributed by atoms with Gasteiger partial charge in [0.1, 0.15) is 11.6 Å². The fourth-order valence-corrected chi connectivity index (χ4v) is 3.26. The Morgan fingerprint density at radius 3 is 2.49 bits per heavy atom. The summed E-state index contributed by atoms with van der Waals surface area (Å²) in [4.78, 5) is 12.5. The number of nitrogens with one attached hydrogen (secondary N) is 1. The molecule has 35 heavy (non-hydrogen) atoms. The third kappa shape index (κ3) is 5.51. The summed E-state index contributed by atoms with van der Waals surface area (Å²) in [5.74, 6) is -5.73. The molecule has 1 amide bonds. The van der Waals surface area contributed by atoms with Crippen molar-refractivity contribution in [3.8, 4) is 5.75 Å². The van der Waals surface area contributed by atoms with E-state index in [1.807, 2.05) is 24.3 Å². The maximum Gasteiger partial charge on any atom is 0.276 e. The van der Waals surface area contributed by atoms with Crippen LogP contribution in [0.5, 0.6) is 5.75 Å². The van der Waals surface area contributed by atoms with Gasteiger partial charge in [-0.05, 0) is 29.7 Å². The van der Waals surface area contributed by atoms with Gasteiger partial charge in [-0.25, -0.2) is 22.2 Å². The van der Waals surface area contributed by atoms with Crippen molar-refractivity contribution < 1.29 is 27.1 Å². The molecular formula is C24H21F4N5O2. The molecule has 0 aliphatic heterocycles. The molecular weight excluding hydrogens is 466 g/mol. The van der Waals surface area contributed by atoms with Crippen LogP contribution in [0.25, 0.3) is 0 Å². The Bertz CT molecular complexity index is 1350. The predicted octanol–water partition coefficient (Wildman–Crippen LogP) is 5.10. The second kappa shape index (κ2) is 10.00. The van der Waals surface area contributed by atoms with Crippen molar-refractivity contribution in [1.29, 1.82) is 0 Å². The highest BCUT2D eigenvalue weighted by molar-refractivity contribution is 6.02. The first-order chi connectivity index (χ1) is 16.7. The Morgan fingerprint density at radius 1 is 1.03 bits per heavy atom. The topological polar surface area (TPSA) is 74.0 Å². The van der Waals surface area contributed by atoms with Gasteiger partial charge in [-0.1, -0.05) is 26.0 Å². The van der Waals surface area contributed by atoms with E-state index in [-0.39, 0.29) is 24.2 Å². The van der Waals surface area contributed by atoms with Crippen LogP contribution < -0.4 is 10.1 Å². The van der Waals surface area contributed by atoms with Crippen molar-refractivity contribution in [3.05, 3.63) is 95.1 Å². The average Bonchev–Trinajstić information content (AvgIpc) is 3.49. The average molecular weight is 487 g/mol. The van der Waals surface area contributed by atoms with Gasteiger partial charge >= 0.3 is 0 Å². The first kappa shape index (κ1) is 24.0. The van der Waals surface area contributed by atoms with Gasteiger partial charge in [0.05, 0.1) is 18.4 Å². The zero-order valence-corrected chi connectivity index (χ0v) is 18.8. The summed E-state index contributed by atoms with van der Waals surface area (Å²) in [6, 6.07) is 9.46. The minimum atomic E-state index is -1.77. The minimum Gasteiger partial charge on any atom is -0.471 e. The predicted molar refractivity (Wildman–Crippen MR) is 119 cm³/mol. The molecule has 2 heterocycles. The Balaban J connectivity index is 1.35. The molecule has 0 radical (unpaired) electrons. The molecule has 7 nitrogen and oxygen atoms in total. The summed E-state index contributed by atoms with van der Waals surface area (Å²) in [7, 11) is 0. The van der Waals surface area contributed by atoms with Gasteiger partial charge in [-0.3, -0.25) is 9.48 Å². The third-order valence-corrected chi connectivity index (χ3v) is 5.20. The number of aromatic nitrogens is 4. The summed E-state index contributed by atoms with van der Waals surface area (Å²) in [6.07, 6.45) is 4.11. The van der Waals surface area contributed by atoms with E-state index in [4.69, 9.17) is 4.74 Å². The van der Waals surface area contributed by atoms with Crippen LogP contribution in [0.4, 0.5) is 23.2 Å². The van der Waals surface area contributed by atoms with Gasteiger partial charge in [0.15, 0.2) is 29.9 Å². The standard InChI is InChI=1S/C24H21F4N5O2/c1-14(2)15-3-5-17(6-4-15)35-13-32-8-7-21(31-32)24(34)30-16-10-29-33(11-16)12-18-19(25)9-20(26)23(28)22(18)27/h3-11,14H,12-13H2,1-2H3,(H,30,34). The van der Waals surface area contributed by atoms with E-state index in [9.17, 15) is 22.4 Å². The SMILES string of the molecule is CC(C)c1ccc(OCn2ccc(C(=O)Nc3cnn(Cc4c(F)cc(F)c(F)c4F)c3)n2)cc1. The number of rotatable bonds is 8. The summed E-state index contributed by atoms with van der Waals surface area (Å²) in [6.45, 7) is 3.79. The highest BCUT2D eigenvalue weighted by Gasteiger charge is 2.20. The molecule has 1 N–H and O–H groups in total. The van der Waals surface area contributed by atoms with Gasteiger partial charge in [-0.2, -0.15) is 10.2 Å². The summed E-state index contributed by atoms with van der Waals surface area (Å²) in [5.41, 5.74) is 0.824. The van der Waals surface area contributed by atoms with Crippen molar-refractivity contribution in [2.75, 3.05) is 5.32 Å². The van der Waals surface area contributed by atoms with Crippen molar-refractivity contribution >= 4 is 11.6 Å². The first-order valence-corrected chi connectivity index (χ1v) is 10.6. The number of halogens is 4. The molecule has 0 atom stereocenters. The van der Waals surface area contributed by atoms with Gasteiger partial charge in [0.2, 0.25) is 0 Å². The smallest absolute Gasteiger partial charge is 0.276 e. The van der Waals surface area contributed by atoms with Crippen LogP contribution in [0.3, 0.4) is 0 Å². The number of carbonyl (C=O) groups is 1. The second-order valence-corrected chi connectivity index (χ2v) is 8.07. The monoisotopic (exact) mass is 487 g/mol. The van der Waals surface area contributed by atoms with Crippen molar-refractivity contribution in [1.82, 2.24) is 19.6 Å². The van der Waals surface area contributed by atoms with Crippen LogP contribution in [-0.4, -0.2) is 25.5 Å². The van der Waals surface area contributed by atoms with E-state index in [2.05, 4.69) is 29.4 Å². The maximum atomic E-state index is 13.9. The lowest BCUT2D eigenvalue weighted by Crippen LogP contribution is -2.14. The summed E-state index contributed by atoms with van der Waals surface area (Å²) < 4.78 is 62.5. The van der Waals surface area contributed by atoms with Crippen LogP contribution in [0.1, 0.15) is 41.4 Å². The number of carbonyl (C=O) groups excluding carboxylic acids is 1. The van der Waals surface area contributed by atoms with Crippen molar-refractivity contribution in [2.45, 2.75) is 33.0 Å². The van der Waals surface area contributed by atoms with E-state index < -0.39 is 41.3 Å². The zero-order valence-electron chi connectivity index (χ0n) is 18.8. The first-order valence-electron chi connectivity index (χ1n) is 10.6. The van der Waals surface area contributed by atoms with Crippen molar-refractivity contribution in [3.63, 3.8) is 0 Å². The van der Waals surface area contributed by atoms with E-state index in [0.29, 0.717) is 11.7 Å². The molecule has 4 aromatic rings. The van der Waals surface area contributed by atoms with Gasteiger partial charge in [0, 0.05) is 24.0 Å². The minimum absolute atomic E-state index is 0.0948.